The first-order valence-electron chi connectivity index (χ1n) is 7.47. The maximum Gasteiger partial charge on any atom is 0.150 e. The van der Waals surface area contributed by atoms with E-state index in [9.17, 15) is 8.42 Å². The normalized spacial score (nSPS) is 45.7. The van der Waals surface area contributed by atoms with E-state index in [1.807, 2.05) is 0 Å². The Morgan fingerprint density at radius 3 is 2.56 bits per heavy atom. The molecular weight excluding hydrogens is 246 g/mol. The van der Waals surface area contributed by atoms with E-state index in [0.717, 1.165) is 31.3 Å². The Morgan fingerprint density at radius 2 is 2.06 bits per heavy atom. The molecule has 18 heavy (non-hydrogen) atoms. The highest BCUT2D eigenvalue weighted by Crippen LogP contribution is 2.60. The van der Waals surface area contributed by atoms with Crippen LogP contribution in [0.5, 0.6) is 0 Å². The monoisotopic (exact) mass is 271 g/mol. The summed E-state index contributed by atoms with van der Waals surface area (Å²) in [6, 6.07) is 0. The highest BCUT2D eigenvalue weighted by atomic mass is 32.2. The van der Waals surface area contributed by atoms with Crippen LogP contribution >= 0.6 is 0 Å². The molecular formula is C14H25NO2S. The molecule has 4 heteroatoms. The van der Waals surface area contributed by atoms with Gasteiger partial charge >= 0.3 is 0 Å². The zero-order valence-electron chi connectivity index (χ0n) is 11.3. The lowest BCUT2D eigenvalue weighted by molar-refractivity contribution is 0.0871. The van der Waals surface area contributed by atoms with E-state index in [1.54, 1.807) is 0 Å². The molecule has 1 saturated heterocycles. The van der Waals surface area contributed by atoms with Gasteiger partial charge in [0.2, 0.25) is 0 Å². The van der Waals surface area contributed by atoms with Crippen molar-refractivity contribution < 1.29 is 8.42 Å². The second kappa shape index (κ2) is 4.48. The quantitative estimate of drug-likeness (QED) is 0.848. The summed E-state index contributed by atoms with van der Waals surface area (Å²) < 4.78 is 23.6. The summed E-state index contributed by atoms with van der Waals surface area (Å²) in [5.41, 5.74) is 0.308. The van der Waals surface area contributed by atoms with Gasteiger partial charge in [-0.15, -0.1) is 0 Å². The minimum atomic E-state index is -2.74. The fraction of sp³-hybridized carbons (Fsp3) is 1.00. The lowest BCUT2D eigenvalue weighted by atomic mass is 9.64. The predicted molar refractivity (Wildman–Crippen MR) is 73.2 cm³/mol. The molecule has 104 valence electrons. The highest BCUT2D eigenvalue weighted by molar-refractivity contribution is 7.91. The van der Waals surface area contributed by atoms with E-state index in [2.05, 4.69) is 12.2 Å². The van der Waals surface area contributed by atoms with Crippen molar-refractivity contribution in [2.75, 3.05) is 24.6 Å². The SMILES string of the molecule is CCNCC1(C2CCS(=O)(=O)C2)CC2CCC1C2. The zero-order valence-corrected chi connectivity index (χ0v) is 12.1. The number of sulfone groups is 1. The van der Waals surface area contributed by atoms with E-state index >= 15 is 0 Å². The number of nitrogens with one attached hydrogen (secondary N) is 1. The first-order chi connectivity index (χ1) is 8.56. The Hall–Kier alpha value is -0.0900. The van der Waals surface area contributed by atoms with Crippen LogP contribution in [0.25, 0.3) is 0 Å². The zero-order chi connectivity index (χ0) is 12.8. The minimum Gasteiger partial charge on any atom is -0.316 e. The Labute approximate surface area is 111 Å². The third kappa shape index (κ3) is 2.01. The number of hydrogen-bond donors (Lipinski definition) is 1. The maximum atomic E-state index is 11.8. The molecule has 1 heterocycles. The van der Waals surface area contributed by atoms with Crippen molar-refractivity contribution in [1.29, 1.82) is 0 Å². The Morgan fingerprint density at radius 1 is 1.22 bits per heavy atom. The van der Waals surface area contributed by atoms with E-state index in [0.29, 0.717) is 22.8 Å². The first-order valence-corrected chi connectivity index (χ1v) is 9.29. The molecule has 0 amide bonds. The van der Waals surface area contributed by atoms with Gasteiger partial charge in [-0.2, -0.15) is 0 Å². The van der Waals surface area contributed by atoms with Crippen LogP contribution in [0.3, 0.4) is 0 Å². The molecule has 0 radical (unpaired) electrons. The lowest BCUT2D eigenvalue weighted by Crippen LogP contribution is -2.45. The minimum absolute atomic E-state index is 0.308. The van der Waals surface area contributed by atoms with Gasteiger partial charge in [0.25, 0.3) is 0 Å². The van der Waals surface area contributed by atoms with Crippen LogP contribution in [0.15, 0.2) is 0 Å². The van der Waals surface area contributed by atoms with Crippen molar-refractivity contribution in [2.24, 2.45) is 23.2 Å². The first kappa shape index (κ1) is 12.9. The summed E-state index contributed by atoms with van der Waals surface area (Å²) >= 11 is 0. The largest absolute Gasteiger partial charge is 0.316 e. The number of fused-ring (bicyclic) bond motifs is 2. The highest BCUT2D eigenvalue weighted by Gasteiger charge is 2.56. The third-order valence-electron chi connectivity index (χ3n) is 5.77. The topological polar surface area (TPSA) is 46.2 Å². The van der Waals surface area contributed by atoms with Crippen LogP contribution in [0.4, 0.5) is 0 Å². The smallest absolute Gasteiger partial charge is 0.150 e. The summed E-state index contributed by atoms with van der Waals surface area (Å²) in [5.74, 6) is 3.00. The Balaban J connectivity index is 1.82. The van der Waals surface area contributed by atoms with Gasteiger partial charge in [0.1, 0.15) is 0 Å². The molecule has 0 aromatic heterocycles. The fourth-order valence-corrected chi connectivity index (χ4v) is 6.88. The second-order valence-electron chi connectivity index (χ2n) is 6.69. The lowest BCUT2D eigenvalue weighted by Gasteiger charge is -2.43. The summed E-state index contributed by atoms with van der Waals surface area (Å²) in [6.45, 7) is 4.19. The van der Waals surface area contributed by atoms with Gasteiger partial charge < -0.3 is 5.32 Å². The molecule has 2 saturated carbocycles. The molecule has 2 aliphatic carbocycles. The molecule has 3 nitrogen and oxygen atoms in total. The van der Waals surface area contributed by atoms with Crippen molar-refractivity contribution in [3.63, 3.8) is 0 Å². The molecule has 1 N–H and O–H groups in total. The van der Waals surface area contributed by atoms with E-state index in [1.165, 1.54) is 25.7 Å². The van der Waals surface area contributed by atoms with Crippen molar-refractivity contribution in [1.82, 2.24) is 5.32 Å². The van der Waals surface area contributed by atoms with Gasteiger partial charge in [-0.3, -0.25) is 0 Å². The summed E-state index contributed by atoms with van der Waals surface area (Å²) in [4.78, 5) is 0. The van der Waals surface area contributed by atoms with Crippen LogP contribution in [0.1, 0.15) is 39.0 Å². The average molecular weight is 271 g/mol. The van der Waals surface area contributed by atoms with Crippen LogP contribution in [0.2, 0.25) is 0 Å². The number of rotatable bonds is 4. The van der Waals surface area contributed by atoms with Crippen molar-refractivity contribution in [2.45, 2.75) is 39.0 Å². The molecule has 4 unspecified atom stereocenters. The Kier molecular flexibility index (Phi) is 3.22. The van der Waals surface area contributed by atoms with Gasteiger partial charge in [-0.1, -0.05) is 13.3 Å². The molecule has 0 spiro atoms. The summed E-state index contributed by atoms with van der Waals surface area (Å²) in [5, 5.41) is 3.53. The van der Waals surface area contributed by atoms with Crippen LogP contribution < -0.4 is 5.32 Å². The maximum absolute atomic E-state index is 11.8. The van der Waals surface area contributed by atoms with Gasteiger partial charge in [0.15, 0.2) is 9.84 Å². The van der Waals surface area contributed by atoms with Crippen LogP contribution in [0, 0.1) is 23.2 Å². The van der Waals surface area contributed by atoms with E-state index < -0.39 is 9.84 Å². The second-order valence-corrected chi connectivity index (χ2v) is 8.92. The van der Waals surface area contributed by atoms with E-state index in [-0.39, 0.29) is 0 Å². The van der Waals surface area contributed by atoms with Crippen molar-refractivity contribution >= 4 is 9.84 Å². The molecule has 1 aliphatic heterocycles. The van der Waals surface area contributed by atoms with Gasteiger partial charge in [0, 0.05) is 6.54 Å². The third-order valence-corrected chi connectivity index (χ3v) is 7.54. The molecule has 2 bridgehead atoms. The standard InChI is InChI=1S/C14H25NO2S/c1-2-15-10-14(8-11-3-4-12(14)7-11)13-5-6-18(16,17)9-13/h11-13,15H,2-10H2,1H3. The van der Waals surface area contributed by atoms with Crippen molar-refractivity contribution in [3.8, 4) is 0 Å². The van der Waals surface area contributed by atoms with Gasteiger partial charge in [0.05, 0.1) is 11.5 Å². The molecule has 0 aromatic rings. The predicted octanol–water partition coefficient (Wildman–Crippen LogP) is 1.84. The number of hydrogen-bond acceptors (Lipinski definition) is 3. The summed E-state index contributed by atoms with van der Waals surface area (Å²) in [7, 11) is -2.74. The molecule has 3 fully saturated rings. The fourth-order valence-electron chi connectivity index (χ4n) is 4.95. The molecule has 3 aliphatic rings. The van der Waals surface area contributed by atoms with Crippen LogP contribution in [-0.2, 0) is 9.84 Å². The van der Waals surface area contributed by atoms with Gasteiger partial charge in [-0.25, -0.2) is 8.42 Å². The van der Waals surface area contributed by atoms with E-state index in [4.69, 9.17) is 0 Å². The summed E-state index contributed by atoms with van der Waals surface area (Å²) in [6.07, 6.45) is 6.29. The average Bonchev–Trinajstić information content (AvgIpc) is 3.00. The molecule has 3 rings (SSSR count). The molecule has 0 aromatic carbocycles. The van der Waals surface area contributed by atoms with Crippen LogP contribution in [-0.4, -0.2) is 33.0 Å². The Bertz CT molecular complexity index is 420. The van der Waals surface area contributed by atoms with Crippen molar-refractivity contribution in [3.05, 3.63) is 0 Å². The van der Waals surface area contributed by atoms with Gasteiger partial charge in [-0.05, 0) is 55.4 Å². The molecule has 4 atom stereocenters.